The second-order valence-electron chi connectivity index (χ2n) is 4.50. The number of aromatic nitrogens is 2. The summed E-state index contributed by atoms with van der Waals surface area (Å²) in [5.41, 5.74) is 2.78. The molecule has 0 radical (unpaired) electrons. The lowest BCUT2D eigenvalue weighted by Gasteiger charge is -1.99. The number of nitrogens with one attached hydrogen (secondary N) is 1. The number of carbonyl (C=O) groups excluding carboxylic acids is 2. The highest BCUT2D eigenvalue weighted by Gasteiger charge is 1.99. The standard InChI is InChI=1S/C9H9N3O.C7H6O3.CH4O/c1-10-7-2-3-9-11-8(6-13)5-12(9)4-7;8-5-6-1-3-7(10-9)4-2-6;1-2/h2-6,10H,1H3;1-5,9H;2H,1H3. The van der Waals surface area contributed by atoms with Crippen LogP contribution in [0.1, 0.15) is 20.8 Å². The Hall–Kier alpha value is -3.23. The van der Waals surface area contributed by atoms with Gasteiger partial charge in [-0.05, 0) is 36.4 Å². The molecule has 0 atom stereocenters. The molecular formula is C17H19N3O5. The minimum atomic E-state index is 0.325. The fourth-order valence-corrected chi connectivity index (χ4v) is 1.82. The van der Waals surface area contributed by atoms with Crippen LogP contribution in [0, 0.1) is 0 Å². The first kappa shape index (κ1) is 19.8. The molecule has 0 bridgehead atoms. The van der Waals surface area contributed by atoms with Crippen LogP contribution in [0.5, 0.6) is 5.75 Å². The van der Waals surface area contributed by atoms with E-state index < -0.39 is 0 Å². The first-order valence-corrected chi connectivity index (χ1v) is 7.13. The Morgan fingerprint density at radius 3 is 2.24 bits per heavy atom. The minimum absolute atomic E-state index is 0.325. The zero-order valence-corrected chi connectivity index (χ0v) is 13.8. The summed E-state index contributed by atoms with van der Waals surface area (Å²) in [6, 6.07) is 9.89. The Balaban J connectivity index is 0.000000235. The fraction of sp³-hybridized carbons (Fsp3) is 0.118. The molecule has 3 rings (SSSR count). The van der Waals surface area contributed by atoms with E-state index in [4.69, 9.17) is 10.4 Å². The van der Waals surface area contributed by atoms with E-state index in [-0.39, 0.29) is 0 Å². The van der Waals surface area contributed by atoms with Crippen LogP contribution in [-0.2, 0) is 0 Å². The second kappa shape index (κ2) is 10.5. The molecule has 0 aliphatic heterocycles. The van der Waals surface area contributed by atoms with Gasteiger partial charge in [0.25, 0.3) is 0 Å². The summed E-state index contributed by atoms with van der Waals surface area (Å²) in [4.78, 5) is 28.5. The normalized spacial score (nSPS) is 9.12. The van der Waals surface area contributed by atoms with Crippen molar-refractivity contribution < 1.29 is 24.8 Å². The van der Waals surface area contributed by atoms with Gasteiger partial charge >= 0.3 is 0 Å². The molecule has 25 heavy (non-hydrogen) atoms. The number of aliphatic hydroxyl groups is 1. The molecule has 0 saturated carbocycles. The summed E-state index contributed by atoms with van der Waals surface area (Å²) in [6.45, 7) is 0. The topological polar surface area (TPSA) is 113 Å². The molecule has 3 N–H and O–H groups in total. The zero-order valence-electron chi connectivity index (χ0n) is 13.8. The lowest BCUT2D eigenvalue weighted by Crippen LogP contribution is -1.90. The second-order valence-corrected chi connectivity index (χ2v) is 4.50. The van der Waals surface area contributed by atoms with Crippen LogP contribution in [0.15, 0.2) is 48.8 Å². The smallest absolute Gasteiger partial charge is 0.170 e. The monoisotopic (exact) mass is 345 g/mol. The molecule has 0 aliphatic rings. The number of rotatable bonds is 4. The van der Waals surface area contributed by atoms with E-state index in [2.05, 4.69) is 15.2 Å². The number of aliphatic hydroxyl groups excluding tert-OH is 1. The fourth-order valence-electron chi connectivity index (χ4n) is 1.82. The van der Waals surface area contributed by atoms with Crippen LogP contribution in [0.3, 0.4) is 0 Å². The van der Waals surface area contributed by atoms with Gasteiger partial charge in [0.15, 0.2) is 12.0 Å². The number of aldehydes is 2. The lowest BCUT2D eigenvalue weighted by molar-refractivity contribution is -0.137. The number of hydrogen-bond acceptors (Lipinski definition) is 7. The van der Waals surface area contributed by atoms with Gasteiger partial charge in [0.05, 0.1) is 5.69 Å². The SMILES string of the molecule is CNc1ccc2nc(C=O)cn2c1.CO.O=Cc1ccc(OO)cc1. The number of imidazole rings is 1. The first-order chi connectivity index (χ1) is 12.2. The van der Waals surface area contributed by atoms with E-state index >= 15 is 0 Å². The van der Waals surface area contributed by atoms with Crippen LogP contribution in [0.25, 0.3) is 5.65 Å². The summed E-state index contributed by atoms with van der Waals surface area (Å²) < 4.78 is 1.82. The zero-order chi connectivity index (χ0) is 18.7. The summed E-state index contributed by atoms with van der Waals surface area (Å²) in [6.07, 6.45) is 5.05. The van der Waals surface area contributed by atoms with Crippen molar-refractivity contribution in [2.24, 2.45) is 0 Å². The number of hydrogen-bond donors (Lipinski definition) is 3. The largest absolute Gasteiger partial charge is 0.400 e. The van der Waals surface area contributed by atoms with E-state index in [1.54, 1.807) is 18.3 Å². The van der Waals surface area contributed by atoms with Crippen LogP contribution >= 0.6 is 0 Å². The van der Waals surface area contributed by atoms with Gasteiger partial charge in [0, 0.05) is 32.1 Å². The summed E-state index contributed by atoms with van der Waals surface area (Å²) in [5, 5.41) is 18.1. The van der Waals surface area contributed by atoms with Crippen LogP contribution < -0.4 is 10.2 Å². The van der Waals surface area contributed by atoms with Crippen molar-refractivity contribution in [1.82, 2.24) is 9.38 Å². The van der Waals surface area contributed by atoms with Gasteiger partial charge in [0.1, 0.15) is 17.6 Å². The summed E-state index contributed by atoms with van der Waals surface area (Å²) >= 11 is 0. The van der Waals surface area contributed by atoms with E-state index in [1.165, 1.54) is 12.1 Å². The van der Waals surface area contributed by atoms with E-state index in [9.17, 15) is 9.59 Å². The molecule has 3 aromatic rings. The van der Waals surface area contributed by atoms with Crippen molar-refractivity contribution in [3.63, 3.8) is 0 Å². The molecule has 0 aliphatic carbocycles. The molecule has 8 nitrogen and oxygen atoms in total. The maximum atomic E-state index is 10.4. The Labute approximate surface area is 144 Å². The summed E-state index contributed by atoms with van der Waals surface area (Å²) in [7, 11) is 2.85. The highest BCUT2D eigenvalue weighted by Crippen LogP contribution is 2.10. The Kier molecular flexibility index (Phi) is 8.34. The molecule has 2 aromatic heterocycles. The minimum Gasteiger partial charge on any atom is -0.400 e. The van der Waals surface area contributed by atoms with Crippen LogP contribution in [-0.4, -0.2) is 46.5 Å². The van der Waals surface area contributed by atoms with Crippen LogP contribution in [0.2, 0.25) is 0 Å². The predicted molar refractivity (Wildman–Crippen MR) is 93.4 cm³/mol. The Morgan fingerprint density at radius 1 is 1.04 bits per heavy atom. The Bertz CT molecular complexity index is 800. The van der Waals surface area contributed by atoms with Gasteiger partial charge in [-0.1, -0.05) is 0 Å². The third kappa shape index (κ3) is 5.72. The number of anilines is 1. The van der Waals surface area contributed by atoms with E-state index in [0.717, 1.165) is 31.0 Å². The first-order valence-electron chi connectivity index (χ1n) is 7.13. The number of pyridine rings is 1. The van der Waals surface area contributed by atoms with Gasteiger partial charge in [-0.25, -0.2) is 10.2 Å². The molecule has 1 aromatic carbocycles. The molecule has 0 unspecified atom stereocenters. The van der Waals surface area contributed by atoms with Crippen molar-refractivity contribution in [1.29, 1.82) is 0 Å². The average Bonchev–Trinajstić information content (AvgIpc) is 3.12. The van der Waals surface area contributed by atoms with Gasteiger partial charge < -0.3 is 19.7 Å². The Morgan fingerprint density at radius 2 is 1.72 bits per heavy atom. The summed E-state index contributed by atoms with van der Waals surface area (Å²) in [5.74, 6) is 0.325. The maximum Gasteiger partial charge on any atom is 0.170 e. The van der Waals surface area contributed by atoms with E-state index in [0.29, 0.717) is 17.0 Å². The number of benzene rings is 1. The number of nitrogens with zero attached hydrogens (tertiary/aromatic N) is 2. The molecule has 2 heterocycles. The van der Waals surface area contributed by atoms with Crippen molar-refractivity contribution in [3.05, 3.63) is 60.0 Å². The maximum absolute atomic E-state index is 10.4. The molecular weight excluding hydrogens is 326 g/mol. The van der Waals surface area contributed by atoms with Crippen molar-refractivity contribution in [2.45, 2.75) is 0 Å². The van der Waals surface area contributed by atoms with Crippen molar-refractivity contribution >= 4 is 23.9 Å². The number of carbonyl (C=O) groups is 2. The van der Waals surface area contributed by atoms with Gasteiger partial charge in [0.2, 0.25) is 0 Å². The molecule has 8 heteroatoms. The molecule has 0 saturated heterocycles. The number of fused-ring (bicyclic) bond motifs is 1. The predicted octanol–water partition coefficient (Wildman–Crippen LogP) is 2.15. The molecule has 0 spiro atoms. The lowest BCUT2D eigenvalue weighted by atomic mass is 10.2. The average molecular weight is 345 g/mol. The molecule has 0 fully saturated rings. The molecule has 132 valence electrons. The van der Waals surface area contributed by atoms with Gasteiger partial charge in [-0.15, -0.1) is 0 Å². The quantitative estimate of drug-likeness (QED) is 0.377. The third-order valence-electron chi connectivity index (χ3n) is 3.00. The van der Waals surface area contributed by atoms with Gasteiger partial charge in [-0.2, -0.15) is 0 Å². The van der Waals surface area contributed by atoms with Crippen molar-refractivity contribution in [2.75, 3.05) is 19.5 Å². The van der Waals surface area contributed by atoms with E-state index in [1.807, 2.05) is 29.8 Å². The van der Waals surface area contributed by atoms with Gasteiger partial charge in [-0.3, -0.25) is 9.59 Å². The molecule has 0 amide bonds. The highest BCUT2D eigenvalue weighted by atomic mass is 17.1. The van der Waals surface area contributed by atoms with Crippen LogP contribution in [0.4, 0.5) is 5.69 Å². The van der Waals surface area contributed by atoms with Crippen molar-refractivity contribution in [3.8, 4) is 5.75 Å². The third-order valence-corrected chi connectivity index (χ3v) is 3.00. The highest BCUT2D eigenvalue weighted by molar-refractivity contribution is 5.74.